The Bertz CT molecular complexity index is 580. The first-order chi connectivity index (χ1) is 8.65. The zero-order valence-corrected chi connectivity index (χ0v) is 9.61. The lowest BCUT2D eigenvalue weighted by Crippen LogP contribution is -2.08. The highest BCUT2D eigenvalue weighted by atomic mass is 19.1. The maximum atomic E-state index is 14.1. The Hall–Kier alpha value is -2.23. The van der Waals surface area contributed by atoms with Crippen molar-refractivity contribution in [2.45, 2.75) is 0 Å². The zero-order valence-electron chi connectivity index (χ0n) is 9.61. The molecule has 2 nitrogen and oxygen atoms in total. The van der Waals surface area contributed by atoms with E-state index in [1.807, 2.05) is 0 Å². The second-order valence-corrected chi connectivity index (χ2v) is 3.64. The molecule has 0 aliphatic carbocycles. The topological polar surface area (TPSA) is 26.3 Å². The van der Waals surface area contributed by atoms with Gasteiger partial charge in [0.25, 0.3) is 0 Å². The summed E-state index contributed by atoms with van der Waals surface area (Å²) in [6.45, 7) is 0. The summed E-state index contributed by atoms with van der Waals surface area (Å²) in [6, 6.07) is 11.0. The molecule has 2 aromatic rings. The number of halogens is 2. The van der Waals surface area contributed by atoms with Gasteiger partial charge in [-0.2, -0.15) is 0 Å². The SMILES string of the molecule is COC(=O)c1c(F)ccc(-c2ccccc2)c1F. The molecular weight excluding hydrogens is 238 g/mol. The van der Waals surface area contributed by atoms with E-state index >= 15 is 0 Å². The van der Waals surface area contributed by atoms with Crippen LogP contribution in [0.1, 0.15) is 10.4 Å². The van der Waals surface area contributed by atoms with Crippen LogP contribution in [0.4, 0.5) is 8.78 Å². The molecular formula is C14H10F2O2. The van der Waals surface area contributed by atoms with E-state index in [1.165, 1.54) is 6.07 Å². The molecule has 0 saturated carbocycles. The van der Waals surface area contributed by atoms with E-state index in [0.717, 1.165) is 13.2 Å². The Balaban J connectivity index is 2.62. The van der Waals surface area contributed by atoms with Gasteiger partial charge in [-0.1, -0.05) is 30.3 Å². The van der Waals surface area contributed by atoms with Crippen molar-refractivity contribution in [3.63, 3.8) is 0 Å². The van der Waals surface area contributed by atoms with E-state index in [-0.39, 0.29) is 5.56 Å². The average molecular weight is 248 g/mol. The van der Waals surface area contributed by atoms with Gasteiger partial charge < -0.3 is 4.74 Å². The molecule has 0 unspecified atom stereocenters. The number of benzene rings is 2. The molecule has 0 N–H and O–H groups in total. The predicted molar refractivity (Wildman–Crippen MR) is 63.1 cm³/mol. The Morgan fingerprint density at radius 2 is 1.72 bits per heavy atom. The first kappa shape index (κ1) is 12.2. The van der Waals surface area contributed by atoms with Gasteiger partial charge in [0.05, 0.1) is 7.11 Å². The fourth-order valence-corrected chi connectivity index (χ4v) is 1.68. The van der Waals surface area contributed by atoms with Crippen LogP contribution in [0.15, 0.2) is 42.5 Å². The highest BCUT2D eigenvalue weighted by molar-refractivity contribution is 5.91. The molecule has 0 bridgehead atoms. The average Bonchev–Trinajstić information content (AvgIpc) is 2.39. The van der Waals surface area contributed by atoms with Crippen molar-refractivity contribution < 1.29 is 18.3 Å². The van der Waals surface area contributed by atoms with E-state index in [0.29, 0.717) is 5.56 Å². The summed E-state index contributed by atoms with van der Waals surface area (Å²) in [5, 5.41) is 0. The fraction of sp³-hybridized carbons (Fsp3) is 0.0714. The van der Waals surface area contributed by atoms with Crippen molar-refractivity contribution in [3.05, 3.63) is 59.7 Å². The van der Waals surface area contributed by atoms with Crippen molar-refractivity contribution in [2.75, 3.05) is 7.11 Å². The Labute approximate surface area is 103 Å². The molecule has 0 saturated heterocycles. The van der Waals surface area contributed by atoms with E-state index in [1.54, 1.807) is 30.3 Å². The number of hydrogen-bond donors (Lipinski definition) is 0. The molecule has 0 radical (unpaired) electrons. The predicted octanol–water partition coefficient (Wildman–Crippen LogP) is 3.42. The van der Waals surface area contributed by atoms with Crippen LogP contribution in [0.5, 0.6) is 0 Å². The fourth-order valence-electron chi connectivity index (χ4n) is 1.68. The number of rotatable bonds is 2. The van der Waals surface area contributed by atoms with Crippen LogP contribution in [-0.2, 0) is 4.74 Å². The quantitative estimate of drug-likeness (QED) is 0.761. The summed E-state index contributed by atoms with van der Waals surface area (Å²) in [4.78, 5) is 11.3. The third-order valence-electron chi connectivity index (χ3n) is 2.57. The van der Waals surface area contributed by atoms with Gasteiger partial charge in [0.2, 0.25) is 0 Å². The van der Waals surface area contributed by atoms with Crippen LogP contribution in [0, 0.1) is 11.6 Å². The maximum Gasteiger partial charge on any atom is 0.343 e. The van der Waals surface area contributed by atoms with E-state index in [4.69, 9.17) is 0 Å². The van der Waals surface area contributed by atoms with Gasteiger partial charge in [-0.25, -0.2) is 13.6 Å². The molecule has 0 aliphatic heterocycles. The molecule has 92 valence electrons. The molecule has 0 amide bonds. The minimum atomic E-state index is -1.03. The number of esters is 1. The Morgan fingerprint density at radius 3 is 2.33 bits per heavy atom. The number of ether oxygens (including phenoxy) is 1. The third-order valence-corrected chi connectivity index (χ3v) is 2.57. The van der Waals surface area contributed by atoms with Crippen molar-refractivity contribution >= 4 is 5.97 Å². The van der Waals surface area contributed by atoms with Crippen LogP contribution < -0.4 is 0 Å². The molecule has 0 aromatic heterocycles. The molecule has 0 atom stereocenters. The molecule has 2 rings (SSSR count). The van der Waals surface area contributed by atoms with E-state index in [9.17, 15) is 13.6 Å². The first-order valence-corrected chi connectivity index (χ1v) is 5.27. The summed E-state index contributed by atoms with van der Waals surface area (Å²) in [5.41, 5.74) is 0.0661. The zero-order chi connectivity index (χ0) is 13.1. The minimum absolute atomic E-state index is 0.164. The number of carbonyl (C=O) groups is 1. The second kappa shape index (κ2) is 4.96. The highest BCUT2D eigenvalue weighted by Gasteiger charge is 2.21. The number of carbonyl (C=O) groups excluding carboxylic acids is 1. The normalized spacial score (nSPS) is 10.2. The maximum absolute atomic E-state index is 14.1. The third kappa shape index (κ3) is 2.09. The van der Waals surface area contributed by atoms with Gasteiger partial charge in [-0.3, -0.25) is 0 Å². The molecule has 0 spiro atoms. The Kier molecular flexibility index (Phi) is 3.37. The van der Waals surface area contributed by atoms with Gasteiger partial charge in [0.15, 0.2) is 0 Å². The molecule has 2 aromatic carbocycles. The van der Waals surface area contributed by atoms with Crippen LogP contribution in [-0.4, -0.2) is 13.1 Å². The van der Waals surface area contributed by atoms with Gasteiger partial charge in [-0.05, 0) is 17.7 Å². The van der Waals surface area contributed by atoms with E-state index in [2.05, 4.69) is 4.74 Å². The van der Waals surface area contributed by atoms with Crippen molar-refractivity contribution in [1.29, 1.82) is 0 Å². The van der Waals surface area contributed by atoms with Crippen LogP contribution in [0.2, 0.25) is 0 Å². The summed E-state index contributed by atoms with van der Waals surface area (Å²) in [7, 11) is 1.08. The van der Waals surface area contributed by atoms with Crippen LogP contribution >= 0.6 is 0 Å². The largest absolute Gasteiger partial charge is 0.465 e. The number of hydrogen-bond acceptors (Lipinski definition) is 2. The molecule has 0 aliphatic rings. The second-order valence-electron chi connectivity index (χ2n) is 3.64. The highest BCUT2D eigenvalue weighted by Crippen LogP contribution is 2.26. The first-order valence-electron chi connectivity index (χ1n) is 5.27. The lowest BCUT2D eigenvalue weighted by Gasteiger charge is -2.08. The summed E-state index contributed by atoms with van der Waals surface area (Å²) >= 11 is 0. The van der Waals surface area contributed by atoms with Gasteiger partial charge in [0.1, 0.15) is 17.2 Å². The summed E-state index contributed by atoms with van der Waals surface area (Å²) in [6.07, 6.45) is 0. The lowest BCUT2D eigenvalue weighted by atomic mass is 10.0. The standard InChI is InChI=1S/C14H10F2O2/c1-18-14(17)12-11(15)8-7-10(13(12)16)9-5-3-2-4-6-9/h2-8H,1H3. The van der Waals surface area contributed by atoms with Crippen molar-refractivity contribution in [1.82, 2.24) is 0 Å². The lowest BCUT2D eigenvalue weighted by molar-refractivity contribution is 0.0590. The molecule has 18 heavy (non-hydrogen) atoms. The smallest absolute Gasteiger partial charge is 0.343 e. The van der Waals surface area contributed by atoms with Gasteiger partial charge in [-0.15, -0.1) is 0 Å². The minimum Gasteiger partial charge on any atom is -0.465 e. The monoisotopic (exact) mass is 248 g/mol. The van der Waals surface area contributed by atoms with E-state index < -0.39 is 23.2 Å². The Morgan fingerprint density at radius 1 is 1.06 bits per heavy atom. The van der Waals surface area contributed by atoms with Gasteiger partial charge in [0, 0.05) is 5.56 Å². The van der Waals surface area contributed by atoms with Crippen molar-refractivity contribution in [2.24, 2.45) is 0 Å². The molecule has 0 heterocycles. The molecule has 4 heteroatoms. The van der Waals surface area contributed by atoms with Gasteiger partial charge >= 0.3 is 5.97 Å². The molecule has 0 fully saturated rings. The summed E-state index contributed by atoms with van der Waals surface area (Å²) in [5.74, 6) is -2.87. The van der Waals surface area contributed by atoms with Crippen LogP contribution in [0.3, 0.4) is 0 Å². The summed E-state index contributed by atoms with van der Waals surface area (Å²) < 4.78 is 31.9. The number of methoxy groups -OCH3 is 1. The van der Waals surface area contributed by atoms with Crippen molar-refractivity contribution in [3.8, 4) is 11.1 Å². The van der Waals surface area contributed by atoms with Crippen LogP contribution in [0.25, 0.3) is 11.1 Å².